The van der Waals surface area contributed by atoms with Gasteiger partial charge in [0, 0.05) is 23.5 Å². The third kappa shape index (κ3) is 3.66. The average Bonchev–Trinajstić information content (AvgIpc) is 2.92. The van der Waals surface area contributed by atoms with Gasteiger partial charge in [-0.05, 0) is 51.7 Å². The summed E-state index contributed by atoms with van der Waals surface area (Å²) in [6, 6.07) is 4.37. The second-order valence-corrected chi connectivity index (χ2v) is 10.1. The molecule has 1 amide bonds. The van der Waals surface area contributed by atoms with Gasteiger partial charge in [0.1, 0.15) is 5.60 Å². The van der Waals surface area contributed by atoms with Crippen molar-refractivity contribution in [3.8, 4) is 11.5 Å². The van der Waals surface area contributed by atoms with E-state index in [1.807, 2.05) is 11.1 Å². The van der Waals surface area contributed by atoms with Crippen molar-refractivity contribution in [1.29, 1.82) is 0 Å². The lowest BCUT2D eigenvalue weighted by Gasteiger charge is -2.40. The minimum absolute atomic E-state index is 0.00571. The number of rotatable bonds is 3. The molecule has 1 fully saturated rings. The van der Waals surface area contributed by atoms with Gasteiger partial charge in [0.25, 0.3) is 0 Å². The van der Waals surface area contributed by atoms with Crippen LogP contribution in [-0.4, -0.2) is 35.4 Å². The van der Waals surface area contributed by atoms with E-state index in [1.165, 1.54) is 31.2 Å². The van der Waals surface area contributed by atoms with Gasteiger partial charge in [0.05, 0.1) is 24.8 Å². The molecule has 5 rings (SSSR count). The molecule has 5 heteroatoms. The summed E-state index contributed by atoms with van der Waals surface area (Å²) in [6.45, 7) is 4.23. The lowest BCUT2D eigenvalue weighted by molar-refractivity contribution is -0.140. The highest BCUT2D eigenvalue weighted by molar-refractivity contribution is 6.08. The second-order valence-electron chi connectivity index (χ2n) is 10.1. The van der Waals surface area contributed by atoms with Gasteiger partial charge in [-0.15, -0.1) is 0 Å². The molecule has 0 bridgehead atoms. The molecule has 1 aromatic rings. The predicted octanol–water partition coefficient (Wildman–Crippen LogP) is 5.26. The summed E-state index contributed by atoms with van der Waals surface area (Å²) in [5.74, 6) is 1.98. The van der Waals surface area contributed by atoms with Crippen molar-refractivity contribution in [2.45, 2.75) is 83.3 Å². The average molecular weight is 423 g/mol. The van der Waals surface area contributed by atoms with Crippen LogP contribution < -0.4 is 9.47 Å². The number of carbonyl (C=O) groups excluding carboxylic acids is 1. The summed E-state index contributed by atoms with van der Waals surface area (Å²) in [4.78, 5) is 13.5. The Morgan fingerprint density at radius 1 is 1.06 bits per heavy atom. The van der Waals surface area contributed by atoms with Crippen molar-refractivity contribution in [2.24, 2.45) is 16.9 Å². The molecular formula is C26H34N2O3. The smallest absolute Gasteiger partial charge is 0.247 e. The molecule has 2 atom stereocenters. The minimum atomic E-state index is -0.274. The Hall–Kier alpha value is -2.30. The predicted molar refractivity (Wildman–Crippen MR) is 122 cm³/mol. The molecule has 2 aliphatic heterocycles. The number of methoxy groups -OCH3 is 1. The topological polar surface area (TPSA) is 51.1 Å². The van der Waals surface area contributed by atoms with Crippen LogP contribution in [0.4, 0.5) is 0 Å². The summed E-state index contributed by atoms with van der Waals surface area (Å²) < 4.78 is 11.9. The number of benzene rings is 1. The maximum Gasteiger partial charge on any atom is 0.247 e. The van der Waals surface area contributed by atoms with E-state index in [0.29, 0.717) is 0 Å². The number of hydrogen-bond donors (Lipinski definition) is 0. The number of carbonyl (C=O) groups is 1. The molecule has 0 aromatic heterocycles. The molecule has 0 N–H and O–H groups in total. The summed E-state index contributed by atoms with van der Waals surface area (Å²) in [5.41, 5.74) is 3.10. The molecular weight excluding hydrogens is 388 g/mol. The summed E-state index contributed by atoms with van der Waals surface area (Å²) >= 11 is 0. The van der Waals surface area contributed by atoms with E-state index in [-0.39, 0.29) is 29.4 Å². The van der Waals surface area contributed by atoms with Crippen LogP contribution in [0.1, 0.15) is 76.3 Å². The summed E-state index contributed by atoms with van der Waals surface area (Å²) in [5, 5.41) is 7.02. The van der Waals surface area contributed by atoms with Gasteiger partial charge in [-0.2, -0.15) is 5.10 Å². The number of fused-ring (bicyclic) bond motifs is 2. The first-order valence-corrected chi connectivity index (χ1v) is 11.9. The molecule has 2 heterocycles. The molecule has 0 spiro atoms. The zero-order chi connectivity index (χ0) is 21.6. The minimum Gasteiger partial charge on any atom is -0.493 e. The molecule has 2 aliphatic carbocycles. The second kappa shape index (κ2) is 7.99. The lowest BCUT2D eigenvalue weighted by atomic mass is 9.75. The molecule has 166 valence electrons. The molecule has 1 aromatic carbocycles. The van der Waals surface area contributed by atoms with Gasteiger partial charge < -0.3 is 9.47 Å². The number of hydrogen-bond acceptors (Lipinski definition) is 4. The standard InChI is InChI=1S/C26H34N2O3/c1-26(2)16-21-19(14-15-22(30-3)24(21)31-26)23-18-12-8-9-13-20(18)25(29)28(27-23)17-10-6-4-5-7-11-17/h8-9,14-15,17-18,20H,4-7,10-13,16H2,1-3H3/t18-,20+/m1/s1. The number of hydrazone groups is 1. The first kappa shape index (κ1) is 20.6. The third-order valence-electron chi connectivity index (χ3n) is 7.41. The van der Waals surface area contributed by atoms with Crippen molar-refractivity contribution >= 4 is 11.6 Å². The normalized spacial score (nSPS) is 27.8. The molecule has 0 radical (unpaired) electrons. The zero-order valence-electron chi connectivity index (χ0n) is 19.0. The number of allylic oxidation sites excluding steroid dienone is 2. The van der Waals surface area contributed by atoms with Crippen LogP contribution in [-0.2, 0) is 11.2 Å². The van der Waals surface area contributed by atoms with E-state index >= 15 is 0 Å². The lowest BCUT2D eigenvalue weighted by Crippen LogP contribution is -2.49. The summed E-state index contributed by atoms with van der Waals surface area (Å²) in [7, 11) is 1.69. The first-order chi connectivity index (χ1) is 15.0. The quantitative estimate of drug-likeness (QED) is 0.493. The van der Waals surface area contributed by atoms with Crippen LogP contribution in [0.5, 0.6) is 11.5 Å². The molecule has 5 nitrogen and oxygen atoms in total. The Morgan fingerprint density at radius 3 is 2.48 bits per heavy atom. The Balaban J connectivity index is 1.61. The largest absolute Gasteiger partial charge is 0.493 e. The van der Waals surface area contributed by atoms with Crippen LogP contribution in [0.15, 0.2) is 29.4 Å². The van der Waals surface area contributed by atoms with Gasteiger partial charge in [0.2, 0.25) is 5.91 Å². The molecule has 4 aliphatic rings. The fourth-order valence-corrected chi connectivity index (χ4v) is 5.85. The third-order valence-corrected chi connectivity index (χ3v) is 7.41. The number of amides is 1. The molecule has 31 heavy (non-hydrogen) atoms. The van der Waals surface area contributed by atoms with Gasteiger partial charge in [0.15, 0.2) is 11.5 Å². The molecule has 1 saturated carbocycles. The molecule has 0 saturated heterocycles. The molecule has 0 unspecified atom stereocenters. The van der Waals surface area contributed by atoms with Gasteiger partial charge in [-0.1, -0.05) is 37.8 Å². The van der Waals surface area contributed by atoms with Gasteiger partial charge >= 0.3 is 0 Å². The van der Waals surface area contributed by atoms with Crippen molar-refractivity contribution in [1.82, 2.24) is 5.01 Å². The Kier molecular flexibility index (Phi) is 5.31. The SMILES string of the molecule is COc1ccc(C2=NN(C3CCCCCC3)C(=O)[C@H]3CC=CC[C@@H]23)c2c1OC(C)(C)C2. The number of ether oxygens (including phenoxy) is 2. The van der Waals surface area contributed by atoms with Crippen LogP contribution in [0, 0.1) is 11.8 Å². The fourth-order valence-electron chi connectivity index (χ4n) is 5.85. The van der Waals surface area contributed by atoms with E-state index in [0.717, 1.165) is 54.9 Å². The van der Waals surface area contributed by atoms with E-state index < -0.39 is 0 Å². The van der Waals surface area contributed by atoms with Gasteiger partial charge in [-0.3, -0.25) is 4.79 Å². The van der Waals surface area contributed by atoms with Crippen molar-refractivity contribution in [3.63, 3.8) is 0 Å². The Labute approximate surface area is 185 Å². The maximum absolute atomic E-state index is 13.5. The first-order valence-electron chi connectivity index (χ1n) is 11.9. The van der Waals surface area contributed by atoms with E-state index in [9.17, 15) is 4.79 Å². The van der Waals surface area contributed by atoms with Crippen LogP contribution in [0.3, 0.4) is 0 Å². The number of nitrogens with zero attached hydrogens (tertiary/aromatic N) is 2. The summed E-state index contributed by atoms with van der Waals surface area (Å²) in [6.07, 6.45) is 13.9. The van der Waals surface area contributed by atoms with E-state index in [1.54, 1.807) is 7.11 Å². The fraction of sp³-hybridized carbons (Fsp3) is 0.615. The van der Waals surface area contributed by atoms with Crippen LogP contribution >= 0.6 is 0 Å². The highest BCUT2D eigenvalue weighted by Gasteiger charge is 2.44. The van der Waals surface area contributed by atoms with Crippen molar-refractivity contribution in [2.75, 3.05) is 7.11 Å². The van der Waals surface area contributed by atoms with Crippen molar-refractivity contribution in [3.05, 3.63) is 35.4 Å². The Bertz CT molecular complexity index is 925. The van der Waals surface area contributed by atoms with E-state index in [2.05, 4.69) is 32.1 Å². The van der Waals surface area contributed by atoms with E-state index in [4.69, 9.17) is 14.6 Å². The highest BCUT2D eigenvalue weighted by Crippen LogP contribution is 2.46. The Morgan fingerprint density at radius 2 is 1.77 bits per heavy atom. The van der Waals surface area contributed by atoms with Crippen molar-refractivity contribution < 1.29 is 14.3 Å². The van der Waals surface area contributed by atoms with Crippen LogP contribution in [0.25, 0.3) is 0 Å². The monoisotopic (exact) mass is 422 g/mol. The van der Waals surface area contributed by atoms with Crippen LogP contribution in [0.2, 0.25) is 0 Å². The van der Waals surface area contributed by atoms with Gasteiger partial charge in [-0.25, -0.2) is 5.01 Å². The zero-order valence-corrected chi connectivity index (χ0v) is 19.0. The highest BCUT2D eigenvalue weighted by atomic mass is 16.5. The maximum atomic E-state index is 13.5.